The quantitative estimate of drug-likeness (QED) is 0.876. The number of ether oxygens (including phenoxy) is 1. The molecule has 1 heterocycles. The van der Waals surface area contributed by atoms with Gasteiger partial charge in [-0.05, 0) is 38.0 Å². The van der Waals surface area contributed by atoms with Gasteiger partial charge in [0.2, 0.25) is 11.8 Å². The zero-order valence-electron chi connectivity index (χ0n) is 12.6. The largest absolute Gasteiger partial charge is 0.478 e. The monoisotopic (exact) mass is 289 g/mol. The van der Waals surface area contributed by atoms with Gasteiger partial charge in [-0.2, -0.15) is 4.98 Å². The van der Waals surface area contributed by atoms with Crippen LogP contribution in [0.25, 0.3) is 0 Å². The van der Waals surface area contributed by atoms with Gasteiger partial charge < -0.3 is 10.1 Å². The zero-order valence-corrected chi connectivity index (χ0v) is 12.6. The minimum Gasteiger partial charge on any atom is -0.478 e. The summed E-state index contributed by atoms with van der Waals surface area (Å²) >= 11 is 0. The van der Waals surface area contributed by atoms with Crippen molar-refractivity contribution < 1.29 is 9.13 Å². The van der Waals surface area contributed by atoms with Crippen LogP contribution in [0.15, 0.2) is 30.3 Å². The number of benzene rings is 1. The first-order valence-corrected chi connectivity index (χ1v) is 7.09. The van der Waals surface area contributed by atoms with Crippen LogP contribution in [-0.2, 0) is 0 Å². The number of halogens is 1. The molecule has 0 radical (unpaired) electrons. The lowest BCUT2D eigenvalue weighted by atomic mass is 10.1. The Kier molecular flexibility index (Phi) is 5.09. The van der Waals surface area contributed by atoms with E-state index < -0.39 is 0 Å². The SMILES string of the molecule is CCCOc1cc(C)nc(NC(C)c2ccc(F)cc2)n1. The molecule has 0 spiro atoms. The topological polar surface area (TPSA) is 47.0 Å². The molecule has 112 valence electrons. The van der Waals surface area contributed by atoms with Crippen molar-refractivity contribution in [3.05, 3.63) is 47.4 Å². The predicted molar refractivity (Wildman–Crippen MR) is 81.0 cm³/mol. The smallest absolute Gasteiger partial charge is 0.226 e. The van der Waals surface area contributed by atoms with E-state index in [0.29, 0.717) is 18.4 Å². The highest BCUT2D eigenvalue weighted by atomic mass is 19.1. The molecule has 1 aromatic heterocycles. The number of rotatable bonds is 6. The van der Waals surface area contributed by atoms with Gasteiger partial charge in [0.05, 0.1) is 12.6 Å². The first-order valence-electron chi connectivity index (χ1n) is 7.09. The third-order valence-corrected chi connectivity index (χ3v) is 3.00. The Morgan fingerprint density at radius 3 is 2.62 bits per heavy atom. The van der Waals surface area contributed by atoms with Gasteiger partial charge in [-0.3, -0.25) is 0 Å². The van der Waals surface area contributed by atoms with Gasteiger partial charge in [-0.25, -0.2) is 9.37 Å². The fourth-order valence-corrected chi connectivity index (χ4v) is 1.91. The van der Waals surface area contributed by atoms with E-state index in [1.807, 2.05) is 26.8 Å². The minimum absolute atomic E-state index is 0.0218. The van der Waals surface area contributed by atoms with Crippen molar-refractivity contribution in [1.82, 2.24) is 9.97 Å². The van der Waals surface area contributed by atoms with Gasteiger partial charge >= 0.3 is 0 Å². The summed E-state index contributed by atoms with van der Waals surface area (Å²) < 4.78 is 18.5. The highest BCUT2D eigenvalue weighted by Crippen LogP contribution is 2.19. The Hall–Kier alpha value is -2.17. The van der Waals surface area contributed by atoms with Crippen LogP contribution in [0.4, 0.5) is 10.3 Å². The first kappa shape index (κ1) is 15.2. The maximum absolute atomic E-state index is 12.9. The van der Waals surface area contributed by atoms with Crippen LogP contribution in [0.1, 0.15) is 37.6 Å². The molecule has 1 N–H and O–H groups in total. The van der Waals surface area contributed by atoms with Crippen molar-refractivity contribution in [2.24, 2.45) is 0 Å². The first-order chi connectivity index (χ1) is 10.1. The number of hydrogen-bond acceptors (Lipinski definition) is 4. The summed E-state index contributed by atoms with van der Waals surface area (Å²) in [6, 6.07) is 8.17. The lowest BCUT2D eigenvalue weighted by molar-refractivity contribution is 0.305. The lowest BCUT2D eigenvalue weighted by Crippen LogP contribution is -2.11. The van der Waals surface area contributed by atoms with E-state index in [0.717, 1.165) is 17.7 Å². The highest BCUT2D eigenvalue weighted by molar-refractivity contribution is 5.35. The van der Waals surface area contributed by atoms with Crippen LogP contribution in [0, 0.1) is 12.7 Å². The van der Waals surface area contributed by atoms with Crippen molar-refractivity contribution in [2.45, 2.75) is 33.2 Å². The second kappa shape index (κ2) is 7.02. The highest BCUT2D eigenvalue weighted by Gasteiger charge is 2.09. The van der Waals surface area contributed by atoms with Crippen LogP contribution in [0.3, 0.4) is 0 Å². The van der Waals surface area contributed by atoms with Crippen LogP contribution in [0.5, 0.6) is 5.88 Å². The van der Waals surface area contributed by atoms with Gasteiger partial charge in [0.1, 0.15) is 5.82 Å². The molecule has 0 fully saturated rings. The van der Waals surface area contributed by atoms with Crippen LogP contribution < -0.4 is 10.1 Å². The number of hydrogen-bond donors (Lipinski definition) is 1. The van der Waals surface area contributed by atoms with E-state index in [1.165, 1.54) is 12.1 Å². The molecule has 0 saturated carbocycles. The summed E-state index contributed by atoms with van der Waals surface area (Å²) in [7, 11) is 0. The summed E-state index contributed by atoms with van der Waals surface area (Å²) in [5.74, 6) is 0.837. The standard InChI is InChI=1S/C16H20FN3O/c1-4-9-21-15-10-11(2)18-16(20-15)19-12(3)13-5-7-14(17)8-6-13/h5-8,10,12H,4,9H2,1-3H3,(H,18,19,20). The molecule has 0 bridgehead atoms. The van der Waals surface area contributed by atoms with Gasteiger partial charge in [0.25, 0.3) is 0 Å². The molecule has 0 aliphatic carbocycles. The summed E-state index contributed by atoms with van der Waals surface area (Å²) in [6.45, 7) is 6.55. The lowest BCUT2D eigenvalue weighted by Gasteiger charge is -2.15. The van der Waals surface area contributed by atoms with Crippen LogP contribution in [-0.4, -0.2) is 16.6 Å². The fraction of sp³-hybridized carbons (Fsp3) is 0.375. The average molecular weight is 289 g/mol. The summed E-state index contributed by atoms with van der Waals surface area (Å²) in [6.07, 6.45) is 0.928. The molecule has 2 aromatic rings. The van der Waals surface area contributed by atoms with E-state index in [4.69, 9.17) is 4.74 Å². The molecule has 2 rings (SSSR count). The second-order valence-corrected chi connectivity index (χ2v) is 4.94. The Balaban J connectivity index is 2.10. The van der Waals surface area contributed by atoms with Gasteiger partial charge in [0, 0.05) is 11.8 Å². The van der Waals surface area contributed by atoms with E-state index in [9.17, 15) is 4.39 Å². The van der Waals surface area contributed by atoms with Crippen molar-refractivity contribution in [2.75, 3.05) is 11.9 Å². The van der Waals surface area contributed by atoms with Gasteiger partial charge in [-0.1, -0.05) is 19.1 Å². The molecule has 1 atom stereocenters. The third kappa shape index (κ3) is 4.41. The molecular weight excluding hydrogens is 269 g/mol. The molecule has 0 amide bonds. The minimum atomic E-state index is -0.243. The van der Waals surface area contributed by atoms with E-state index in [1.54, 1.807) is 12.1 Å². The molecule has 1 unspecified atom stereocenters. The van der Waals surface area contributed by atoms with Gasteiger partial charge in [-0.15, -0.1) is 0 Å². The predicted octanol–water partition coefficient (Wildman–Crippen LogP) is 3.89. The van der Waals surface area contributed by atoms with Crippen molar-refractivity contribution in [3.63, 3.8) is 0 Å². The number of aromatic nitrogens is 2. The summed E-state index contributed by atoms with van der Waals surface area (Å²) in [5.41, 5.74) is 1.81. The number of aryl methyl sites for hydroxylation is 1. The fourth-order valence-electron chi connectivity index (χ4n) is 1.91. The van der Waals surface area contributed by atoms with Crippen molar-refractivity contribution >= 4 is 5.95 Å². The summed E-state index contributed by atoms with van der Waals surface area (Å²) in [5, 5.41) is 3.21. The Morgan fingerprint density at radius 2 is 1.95 bits per heavy atom. The molecule has 5 heteroatoms. The number of nitrogens with one attached hydrogen (secondary N) is 1. The third-order valence-electron chi connectivity index (χ3n) is 3.00. The van der Waals surface area contributed by atoms with E-state index >= 15 is 0 Å². The molecule has 1 aromatic carbocycles. The van der Waals surface area contributed by atoms with Crippen LogP contribution in [0.2, 0.25) is 0 Å². The van der Waals surface area contributed by atoms with E-state index in [2.05, 4.69) is 15.3 Å². The summed E-state index contributed by atoms with van der Waals surface area (Å²) in [4.78, 5) is 8.68. The molecule has 0 aliphatic heterocycles. The normalized spacial score (nSPS) is 12.0. The molecule has 4 nitrogen and oxygen atoms in total. The Labute approximate surface area is 124 Å². The maximum Gasteiger partial charge on any atom is 0.226 e. The van der Waals surface area contributed by atoms with Crippen molar-refractivity contribution in [3.8, 4) is 5.88 Å². The Morgan fingerprint density at radius 1 is 1.24 bits per heavy atom. The number of nitrogens with zero attached hydrogens (tertiary/aromatic N) is 2. The van der Waals surface area contributed by atoms with E-state index in [-0.39, 0.29) is 11.9 Å². The molecule has 0 saturated heterocycles. The second-order valence-electron chi connectivity index (χ2n) is 4.94. The average Bonchev–Trinajstić information content (AvgIpc) is 2.45. The Bertz CT molecular complexity index is 587. The van der Waals surface area contributed by atoms with Crippen LogP contribution >= 0.6 is 0 Å². The molecule has 21 heavy (non-hydrogen) atoms. The molecular formula is C16H20FN3O. The van der Waals surface area contributed by atoms with Gasteiger partial charge in [0.15, 0.2) is 0 Å². The maximum atomic E-state index is 12.9. The van der Waals surface area contributed by atoms with Crippen molar-refractivity contribution in [1.29, 1.82) is 0 Å². The zero-order chi connectivity index (χ0) is 15.2. The number of anilines is 1. The molecule has 0 aliphatic rings.